The van der Waals surface area contributed by atoms with Gasteiger partial charge in [0.25, 0.3) is 0 Å². The first-order chi connectivity index (χ1) is 5.91. The molecule has 0 amide bonds. The minimum absolute atomic E-state index is 0.490. The molecule has 0 radical (unpaired) electrons. The Balaban J connectivity index is 2.54. The summed E-state index contributed by atoms with van der Waals surface area (Å²) in [6.07, 6.45) is 5.21. The quantitative estimate of drug-likeness (QED) is 0.575. The van der Waals surface area contributed by atoms with Crippen LogP contribution in [0.5, 0.6) is 0 Å². The summed E-state index contributed by atoms with van der Waals surface area (Å²) in [6, 6.07) is 0. The second kappa shape index (κ2) is 4.48. The monoisotopic (exact) mass is 308 g/mol. The third-order valence-electron chi connectivity index (χ3n) is 3.08. The molecule has 13 heavy (non-hydrogen) atoms. The summed E-state index contributed by atoms with van der Waals surface area (Å²) in [5, 5.41) is 0. The Morgan fingerprint density at radius 3 is 1.92 bits per heavy atom. The zero-order valence-corrected chi connectivity index (χ0v) is 11.8. The molecule has 1 aliphatic rings. The van der Waals surface area contributed by atoms with Gasteiger partial charge in [-0.05, 0) is 74.4 Å². The van der Waals surface area contributed by atoms with Crippen molar-refractivity contribution in [3.05, 3.63) is 8.96 Å². The van der Waals surface area contributed by atoms with Crippen molar-refractivity contribution >= 4 is 31.9 Å². The molecule has 76 valence electrons. The van der Waals surface area contributed by atoms with Crippen molar-refractivity contribution in [2.45, 2.75) is 46.5 Å². The molecule has 1 rings (SSSR count). The summed E-state index contributed by atoms with van der Waals surface area (Å²) in [7, 11) is 0. The van der Waals surface area contributed by atoms with E-state index >= 15 is 0 Å². The number of allylic oxidation sites excluding steroid dienone is 1. The van der Waals surface area contributed by atoms with E-state index in [-0.39, 0.29) is 0 Å². The summed E-state index contributed by atoms with van der Waals surface area (Å²) in [6.45, 7) is 7.07. The van der Waals surface area contributed by atoms with E-state index in [1.54, 1.807) is 5.57 Å². The molecule has 0 unspecified atom stereocenters. The molecule has 2 heteroatoms. The Hall–Kier alpha value is 0.700. The van der Waals surface area contributed by atoms with Crippen molar-refractivity contribution in [1.29, 1.82) is 0 Å². The molecule has 0 atom stereocenters. The largest absolute Gasteiger partial charge is 0.0599 e. The third-order valence-corrected chi connectivity index (χ3v) is 4.20. The average molecular weight is 310 g/mol. The molecule has 0 saturated heterocycles. The van der Waals surface area contributed by atoms with Crippen molar-refractivity contribution in [2.75, 3.05) is 0 Å². The highest BCUT2D eigenvalue weighted by molar-refractivity contribution is 9.28. The van der Waals surface area contributed by atoms with Crippen molar-refractivity contribution in [3.8, 4) is 0 Å². The first-order valence-electron chi connectivity index (χ1n) is 4.94. The highest BCUT2D eigenvalue weighted by Gasteiger charge is 2.27. The number of hydrogen-bond acceptors (Lipinski definition) is 0. The van der Waals surface area contributed by atoms with Gasteiger partial charge >= 0.3 is 0 Å². The van der Waals surface area contributed by atoms with Gasteiger partial charge in [-0.15, -0.1) is 0 Å². The fourth-order valence-electron chi connectivity index (χ4n) is 2.02. The van der Waals surface area contributed by atoms with E-state index in [0.717, 1.165) is 5.92 Å². The van der Waals surface area contributed by atoms with Crippen LogP contribution in [0.1, 0.15) is 46.5 Å². The minimum atomic E-state index is 0.490. The van der Waals surface area contributed by atoms with Gasteiger partial charge in [-0.1, -0.05) is 20.8 Å². The molecule has 1 aliphatic carbocycles. The van der Waals surface area contributed by atoms with Crippen LogP contribution in [0.15, 0.2) is 8.96 Å². The van der Waals surface area contributed by atoms with Crippen molar-refractivity contribution in [2.24, 2.45) is 11.3 Å². The Labute approximate surface area is 98.4 Å². The Bertz CT molecular complexity index is 197. The molecule has 0 aromatic rings. The topological polar surface area (TPSA) is 0 Å². The summed E-state index contributed by atoms with van der Waals surface area (Å²) in [5.41, 5.74) is 2.05. The lowest BCUT2D eigenvalue weighted by Gasteiger charge is -2.34. The first kappa shape index (κ1) is 11.8. The van der Waals surface area contributed by atoms with E-state index in [1.165, 1.54) is 29.1 Å². The standard InChI is InChI=1S/C11H18Br2/c1-11(2,3)9-6-4-8(5-7-9)10(12)13/h9H,4-7H2,1-3H3. The van der Waals surface area contributed by atoms with Gasteiger partial charge in [0.15, 0.2) is 0 Å². The maximum Gasteiger partial charge on any atom is 0.0596 e. The predicted octanol–water partition coefficient (Wildman–Crippen LogP) is 5.22. The number of hydrogen-bond donors (Lipinski definition) is 0. The lowest BCUT2D eigenvalue weighted by atomic mass is 9.71. The number of halogens is 2. The van der Waals surface area contributed by atoms with E-state index in [0.29, 0.717) is 5.41 Å². The Kier molecular flexibility index (Phi) is 4.06. The number of rotatable bonds is 0. The van der Waals surface area contributed by atoms with E-state index in [9.17, 15) is 0 Å². The summed E-state index contributed by atoms with van der Waals surface area (Å²) in [5.74, 6) is 0.899. The molecule has 1 fully saturated rings. The van der Waals surface area contributed by atoms with Gasteiger partial charge in [0.2, 0.25) is 0 Å². The van der Waals surface area contributed by atoms with Crippen LogP contribution in [-0.2, 0) is 0 Å². The van der Waals surface area contributed by atoms with E-state index < -0.39 is 0 Å². The second-order valence-electron chi connectivity index (χ2n) is 5.00. The van der Waals surface area contributed by atoms with Gasteiger partial charge in [-0.2, -0.15) is 0 Å². The first-order valence-corrected chi connectivity index (χ1v) is 6.53. The molecular weight excluding hydrogens is 292 g/mol. The Morgan fingerprint density at radius 1 is 1.15 bits per heavy atom. The molecule has 0 N–H and O–H groups in total. The molecule has 0 aliphatic heterocycles. The summed E-state index contributed by atoms with van der Waals surface area (Å²) >= 11 is 7.01. The second-order valence-corrected chi connectivity index (χ2v) is 7.65. The van der Waals surface area contributed by atoms with E-state index in [4.69, 9.17) is 0 Å². The van der Waals surface area contributed by atoms with E-state index in [1.807, 2.05) is 0 Å². The van der Waals surface area contributed by atoms with Crippen molar-refractivity contribution in [3.63, 3.8) is 0 Å². The average Bonchev–Trinajstić information content (AvgIpc) is 2.03. The van der Waals surface area contributed by atoms with Crippen molar-refractivity contribution < 1.29 is 0 Å². The predicted molar refractivity (Wildman–Crippen MR) is 66.3 cm³/mol. The lowest BCUT2D eigenvalue weighted by molar-refractivity contribution is 0.197. The molecule has 0 nitrogen and oxygen atoms in total. The Morgan fingerprint density at radius 2 is 1.62 bits per heavy atom. The highest BCUT2D eigenvalue weighted by atomic mass is 79.9. The molecule has 0 aromatic carbocycles. The van der Waals surface area contributed by atoms with Gasteiger partial charge in [0.05, 0.1) is 3.39 Å². The van der Waals surface area contributed by atoms with Gasteiger partial charge in [0.1, 0.15) is 0 Å². The smallest absolute Gasteiger partial charge is 0.0596 e. The zero-order chi connectivity index (χ0) is 10.1. The maximum atomic E-state index is 3.50. The minimum Gasteiger partial charge on any atom is -0.0599 e. The van der Waals surface area contributed by atoms with Crippen LogP contribution < -0.4 is 0 Å². The summed E-state index contributed by atoms with van der Waals surface area (Å²) < 4.78 is 1.19. The van der Waals surface area contributed by atoms with Crippen LogP contribution in [0, 0.1) is 11.3 Å². The van der Waals surface area contributed by atoms with Gasteiger partial charge in [0, 0.05) is 0 Å². The SMILES string of the molecule is CC(C)(C)C1CCC(=C(Br)Br)CC1. The fraction of sp³-hybridized carbons (Fsp3) is 0.818. The zero-order valence-electron chi connectivity index (χ0n) is 8.66. The highest BCUT2D eigenvalue weighted by Crippen LogP contribution is 2.41. The molecule has 0 spiro atoms. The van der Waals surface area contributed by atoms with Crippen LogP contribution in [0.4, 0.5) is 0 Å². The van der Waals surface area contributed by atoms with Gasteiger partial charge < -0.3 is 0 Å². The maximum absolute atomic E-state index is 3.50. The molecule has 1 saturated carbocycles. The van der Waals surface area contributed by atoms with Gasteiger partial charge in [-0.25, -0.2) is 0 Å². The van der Waals surface area contributed by atoms with Crippen LogP contribution in [0.3, 0.4) is 0 Å². The summed E-state index contributed by atoms with van der Waals surface area (Å²) in [4.78, 5) is 0. The lowest BCUT2D eigenvalue weighted by Crippen LogP contribution is -2.23. The molecule has 0 aromatic heterocycles. The molecule has 0 bridgehead atoms. The van der Waals surface area contributed by atoms with E-state index in [2.05, 4.69) is 52.6 Å². The molecule has 0 heterocycles. The normalized spacial score (nSPS) is 24.7. The van der Waals surface area contributed by atoms with Gasteiger partial charge in [-0.3, -0.25) is 0 Å². The third kappa shape index (κ3) is 3.39. The van der Waals surface area contributed by atoms with Crippen LogP contribution >= 0.6 is 31.9 Å². The van der Waals surface area contributed by atoms with Crippen LogP contribution in [0.2, 0.25) is 0 Å². The fourth-order valence-corrected chi connectivity index (χ4v) is 2.81. The van der Waals surface area contributed by atoms with Crippen LogP contribution in [-0.4, -0.2) is 0 Å². The molecular formula is C11H18Br2. The van der Waals surface area contributed by atoms with Crippen LogP contribution in [0.25, 0.3) is 0 Å². The van der Waals surface area contributed by atoms with Crippen molar-refractivity contribution in [1.82, 2.24) is 0 Å².